The third kappa shape index (κ3) is 16.7. The molecule has 21 nitrogen and oxygen atoms in total. The first-order valence-electron chi connectivity index (χ1n) is 18.0. The summed E-state index contributed by atoms with van der Waals surface area (Å²) in [6.07, 6.45) is 2.97. The number of unbranched alkanes of at least 4 members (excludes halogenated alkanes) is 1. The smallest absolute Gasteiger partial charge is 0.326 e. The van der Waals surface area contributed by atoms with E-state index in [0.29, 0.717) is 31.4 Å². The van der Waals surface area contributed by atoms with Gasteiger partial charge in [-0.25, -0.2) is 4.79 Å². The predicted octanol–water partition coefficient (Wildman–Crippen LogP) is -3.44. The zero-order chi connectivity index (χ0) is 40.9. The van der Waals surface area contributed by atoms with Crippen LogP contribution < -0.4 is 61.4 Å². The second-order valence-electron chi connectivity index (χ2n) is 12.9. The van der Waals surface area contributed by atoms with Crippen molar-refractivity contribution in [1.82, 2.24) is 26.3 Å². The van der Waals surface area contributed by atoms with Gasteiger partial charge < -0.3 is 71.5 Å². The number of amides is 5. The molecule has 20 N–H and O–H groups in total. The number of H-pyrrole nitrogens is 1. The van der Waals surface area contributed by atoms with E-state index in [1.165, 1.54) is 0 Å². The molecule has 5 unspecified atom stereocenters. The molecule has 0 aliphatic rings. The number of benzene rings is 1. The molecule has 0 saturated carbocycles. The predicted molar refractivity (Wildman–Crippen MR) is 206 cm³/mol. The molecule has 0 aliphatic heterocycles. The SMILES string of the molecule is NCCCCC(NC(=O)C(CCCN=C(N)N)NC(=O)C(N)CCCN=C(N)N)C(=O)NC(Cc1c[nH]c2ccccc12)C(=O)NC(CCC(N)=O)C(=O)O. The van der Waals surface area contributed by atoms with E-state index in [0.717, 1.165) is 10.9 Å². The topological polar surface area (TPSA) is 393 Å². The monoisotopic (exact) mass is 772 g/mol. The van der Waals surface area contributed by atoms with Crippen molar-refractivity contribution in [3.8, 4) is 0 Å². The molecular weight excluding hydrogens is 716 g/mol. The van der Waals surface area contributed by atoms with Crippen molar-refractivity contribution in [2.45, 2.75) is 94.4 Å². The van der Waals surface area contributed by atoms with Crippen LogP contribution in [0.25, 0.3) is 10.9 Å². The highest BCUT2D eigenvalue weighted by Crippen LogP contribution is 2.19. The lowest BCUT2D eigenvalue weighted by molar-refractivity contribution is -0.142. The Bertz CT molecular complexity index is 1660. The number of hydrogen-bond acceptors (Lipinski definition) is 10. The molecule has 0 fully saturated rings. The fourth-order valence-corrected chi connectivity index (χ4v) is 5.55. The summed E-state index contributed by atoms with van der Waals surface area (Å²) in [5, 5.41) is 20.9. The van der Waals surface area contributed by atoms with Gasteiger partial charge in [-0.15, -0.1) is 0 Å². The Balaban J connectivity index is 2.36. The number of nitrogens with one attached hydrogen (secondary N) is 5. The number of nitrogens with two attached hydrogens (primary N) is 7. The van der Waals surface area contributed by atoms with E-state index in [2.05, 4.69) is 36.2 Å². The summed E-state index contributed by atoms with van der Waals surface area (Å²) in [5.41, 5.74) is 39.9. The van der Waals surface area contributed by atoms with Crippen LogP contribution in [-0.4, -0.2) is 107 Å². The van der Waals surface area contributed by atoms with Crippen LogP contribution in [0.1, 0.15) is 63.4 Å². The Labute approximate surface area is 318 Å². The van der Waals surface area contributed by atoms with E-state index >= 15 is 0 Å². The van der Waals surface area contributed by atoms with Crippen LogP contribution in [0, 0.1) is 0 Å². The maximum absolute atomic E-state index is 14.0. The van der Waals surface area contributed by atoms with Crippen LogP contribution >= 0.6 is 0 Å². The van der Waals surface area contributed by atoms with Gasteiger partial charge in [0.25, 0.3) is 0 Å². The zero-order valence-corrected chi connectivity index (χ0v) is 30.8. The molecule has 2 rings (SSSR count). The summed E-state index contributed by atoms with van der Waals surface area (Å²) in [6, 6.07) is 1.06. The lowest BCUT2D eigenvalue weighted by atomic mass is 10.0. The first-order valence-corrected chi connectivity index (χ1v) is 18.0. The van der Waals surface area contributed by atoms with Crippen LogP contribution in [0.3, 0.4) is 0 Å². The standard InChI is InChI=1S/C34H56N14O7/c35-14-4-3-10-23(46-29(51)24(11-6-16-43-34(40)41)45-28(50)21(36)8-5-15-42-33(38)39)30(52)48-26(17-19-18-44-22-9-2-1-7-20(19)22)31(53)47-25(32(54)55)12-13-27(37)49/h1-2,7,9,18,21,23-26,44H,3-6,8,10-17,35-36H2,(H2,37,49)(H,45,50)(H,46,51)(H,47,53)(H,48,52)(H,54,55)(H4,38,39,42)(H4,40,41,43). The van der Waals surface area contributed by atoms with E-state index in [9.17, 15) is 33.9 Å². The highest BCUT2D eigenvalue weighted by molar-refractivity contribution is 5.96. The van der Waals surface area contributed by atoms with Crippen molar-refractivity contribution in [3.63, 3.8) is 0 Å². The molecule has 0 radical (unpaired) electrons. The number of aliphatic imine (C=N–C) groups is 2. The number of rotatable bonds is 26. The van der Waals surface area contributed by atoms with Gasteiger partial charge >= 0.3 is 5.97 Å². The van der Waals surface area contributed by atoms with Crippen molar-refractivity contribution < 1.29 is 33.9 Å². The number of hydrogen-bond donors (Lipinski definition) is 13. The molecule has 2 aromatic rings. The Morgan fingerprint density at radius 3 is 1.78 bits per heavy atom. The number of carboxylic acids is 1. The average molecular weight is 773 g/mol. The highest BCUT2D eigenvalue weighted by atomic mass is 16.4. The van der Waals surface area contributed by atoms with Gasteiger partial charge in [0.05, 0.1) is 6.04 Å². The normalized spacial score (nSPS) is 13.6. The van der Waals surface area contributed by atoms with Crippen LogP contribution in [0.15, 0.2) is 40.4 Å². The van der Waals surface area contributed by atoms with E-state index in [4.69, 9.17) is 40.1 Å². The fourth-order valence-electron chi connectivity index (χ4n) is 5.55. The van der Waals surface area contributed by atoms with Crippen molar-refractivity contribution in [1.29, 1.82) is 0 Å². The van der Waals surface area contributed by atoms with Gasteiger partial charge in [-0.3, -0.25) is 34.0 Å². The molecule has 0 bridgehead atoms. The molecule has 5 atom stereocenters. The molecule has 304 valence electrons. The van der Waals surface area contributed by atoms with E-state index in [1.54, 1.807) is 12.3 Å². The largest absolute Gasteiger partial charge is 0.480 e. The quantitative estimate of drug-likeness (QED) is 0.0252. The summed E-state index contributed by atoms with van der Waals surface area (Å²) >= 11 is 0. The number of aromatic nitrogens is 1. The third-order valence-electron chi connectivity index (χ3n) is 8.49. The molecular formula is C34H56N14O7. The van der Waals surface area contributed by atoms with E-state index in [-0.39, 0.29) is 70.0 Å². The maximum atomic E-state index is 14.0. The number of primary amides is 1. The van der Waals surface area contributed by atoms with Gasteiger partial charge in [-0.05, 0) is 69.5 Å². The fraction of sp³-hybridized carbons (Fsp3) is 0.529. The molecule has 0 aliphatic carbocycles. The number of fused-ring (bicyclic) bond motifs is 1. The van der Waals surface area contributed by atoms with Crippen LogP contribution in [-0.2, 0) is 35.2 Å². The summed E-state index contributed by atoms with van der Waals surface area (Å²) in [5.74, 6) is -5.36. The number of carbonyl (C=O) groups is 6. The first-order chi connectivity index (χ1) is 26.1. The van der Waals surface area contributed by atoms with Crippen LogP contribution in [0.2, 0.25) is 0 Å². The van der Waals surface area contributed by atoms with Crippen molar-refractivity contribution >= 4 is 58.3 Å². The number of aliphatic carboxylic acids is 1. The minimum absolute atomic E-state index is 0.0691. The van der Waals surface area contributed by atoms with Crippen LogP contribution in [0.5, 0.6) is 0 Å². The number of aromatic amines is 1. The van der Waals surface area contributed by atoms with Crippen molar-refractivity contribution in [2.24, 2.45) is 50.1 Å². The molecule has 1 heterocycles. The average Bonchev–Trinajstić information content (AvgIpc) is 3.54. The molecule has 0 saturated heterocycles. The minimum Gasteiger partial charge on any atom is -0.480 e. The summed E-state index contributed by atoms with van der Waals surface area (Å²) in [6.45, 7) is 0.698. The van der Waals surface area contributed by atoms with Gasteiger partial charge in [0, 0.05) is 43.0 Å². The molecule has 5 amide bonds. The van der Waals surface area contributed by atoms with Gasteiger partial charge in [-0.2, -0.15) is 0 Å². The molecule has 1 aromatic heterocycles. The Kier molecular flexibility index (Phi) is 19.4. The zero-order valence-electron chi connectivity index (χ0n) is 30.8. The van der Waals surface area contributed by atoms with E-state index in [1.807, 2.05) is 18.2 Å². The number of guanidine groups is 2. The molecule has 0 spiro atoms. The van der Waals surface area contributed by atoms with Gasteiger partial charge in [0.15, 0.2) is 11.9 Å². The summed E-state index contributed by atoms with van der Waals surface area (Å²) in [4.78, 5) is 88.8. The van der Waals surface area contributed by atoms with Gasteiger partial charge in [-0.1, -0.05) is 18.2 Å². The number of carbonyl (C=O) groups excluding carboxylic acids is 5. The van der Waals surface area contributed by atoms with Crippen LogP contribution in [0.4, 0.5) is 0 Å². The summed E-state index contributed by atoms with van der Waals surface area (Å²) in [7, 11) is 0. The van der Waals surface area contributed by atoms with Gasteiger partial charge in [0.1, 0.15) is 24.2 Å². The second kappa shape index (κ2) is 23.7. The molecule has 1 aromatic carbocycles. The number of nitrogens with zero attached hydrogens (tertiary/aromatic N) is 2. The number of carboxylic acid groups (broad SMARTS) is 1. The Hall–Kier alpha value is -5.96. The van der Waals surface area contributed by atoms with Gasteiger partial charge in [0.2, 0.25) is 29.5 Å². The molecule has 55 heavy (non-hydrogen) atoms. The summed E-state index contributed by atoms with van der Waals surface area (Å²) < 4.78 is 0. The highest BCUT2D eigenvalue weighted by Gasteiger charge is 2.32. The first kappa shape index (κ1) is 45.2. The Morgan fingerprint density at radius 1 is 0.673 bits per heavy atom. The number of para-hydroxylation sites is 1. The van der Waals surface area contributed by atoms with Crippen molar-refractivity contribution in [2.75, 3.05) is 19.6 Å². The third-order valence-corrected chi connectivity index (χ3v) is 8.49. The molecule has 21 heteroatoms. The second-order valence-corrected chi connectivity index (χ2v) is 12.9. The lowest BCUT2D eigenvalue weighted by Gasteiger charge is -2.26. The maximum Gasteiger partial charge on any atom is 0.326 e. The lowest BCUT2D eigenvalue weighted by Crippen LogP contribution is -2.58. The Morgan fingerprint density at radius 2 is 1.20 bits per heavy atom. The van der Waals surface area contributed by atoms with E-state index < -0.39 is 65.7 Å². The van der Waals surface area contributed by atoms with Crippen molar-refractivity contribution in [3.05, 3.63) is 36.0 Å². The minimum atomic E-state index is -1.48.